The molecule has 4 aromatic rings. The Labute approximate surface area is 155 Å². The molecule has 4 rings (SSSR count). The van der Waals surface area contributed by atoms with Crippen LogP contribution in [0.4, 0.5) is 5.13 Å². The number of hydrogen-bond donors (Lipinski definition) is 1. The average Bonchev–Trinajstić information content (AvgIpc) is 3.23. The van der Waals surface area contributed by atoms with Crippen LogP contribution in [0.5, 0.6) is 0 Å². The lowest BCUT2D eigenvalue weighted by Crippen LogP contribution is -2.09. The number of aromatic nitrogens is 1. The molecule has 2 heterocycles. The van der Waals surface area contributed by atoms with Crippen molar-refractivity contribution in [2.24, 2.45) is 0 Å². The fourth-order valence-electron chi connectivity index (χ4n) is 2.50. The Morgan fingerprint density at radius 1 is 1.04 bits per heavy atom. The smallest absolute Gasteiger partial charge is 0.267 e. The second-order valence-electron chi connectivity index (χ2n) is 5.12. The van der Waals surface area contributed by atoms with Crippen LogP contribution in [0.2, 0.25) is 0 Å². The average molecular weight is 415 g/mol. The van der Waals surface area contributed by atoms with Crippen molar-refractivity contribution in [3.63, 3.8) is 0 Å². The number of anilines is 1. The summed E-state index contributed by atoms with van der Waals surface area (Å²) in [6.07, 6.45) is 0. The molecule has 1 amide bonds. The fraction of sp³-hybridized carbons (Fsp3) is 0. The van der Waals surface area contributed by atoms with Crippen LogP contribution in [-0.2, 0) is 0 Å². The maximum Gasteiger partial charge on any atom is 0.267 e. The van der Waals surface area contributed by atoms with Gasteiger partial charge in [0, 0.05) is 10.9 Å². The second kappa shape index (κ2) is 6.47. The SMILES string of the molecule is O=C(Nc1nc(-c2cccc3ccccc23)cs1)c1ccc(Br)s1. The summed E-state index contributed by atoms with van der Waals surface area (Å²) in [4.78, 5) is 17.5. The number of halogens is 1. The summed E-state index contributed by atoms with van der Waals surface area (Å²) in [5, 5.41) is 7.78. The minimum atomic E-state index is -0.135. The molecule has 0 aliphatic rings. The van der Waals surface area contributed by atoms with E-state index >= 15 is 0 Å². The molecule has 2 aromatic heterocycles. The molecule has 0 saturated carbocycles. The molecule has 1 N–H and O–H groups in total. The van der Waals surface area contributed by atoms with Crippen LogP contribution in [0.1, 0.15) is 9.67 Å². The maximum absolute atomic E-state index is 12.2. The zero-order chi connectivity index (χ0) is 16.5. The molecule has 0 spiro atoms. The van der Waals surface area contributed by atoms with E-state index in [4.69, 9.17) is 0 Å². The Bertz CT molecular complexity index is 1030. The van der Waals surface area contributed by atoms with E-state index in [1.165, 1.54) is 28.1 Å². The van der Waals surface area contributed by atoms with Crippen molar-refractivity contribution in [3.8, 4) is 11.3 Å². The predicted octanol–water partition coefficient (Wildman–Crippen LogP) is 6.04. The molecular weight excluding hydrogens is 404 g/mol. The Morgan fingerprint density at radius 2 is 1.88 bits per heavy atom. The van der Waals surface area contributed by atoms with E-state index in [1.54, 1.807) is 6.07 Å². The first-order chi connectivity index (χ1) is 11.7. The van der Waals surface area contributed by atoms with Gasteiger partial charge in [0.2, 0.25) is 0 Å². The quantitative estimate of drug-likeness (QED) is 0.443. The number of benzene rings is 2. The lowest BCUT2D eigenvalue weighted by Gasteiger charge is -2.03. The number of nitrogens with zero attached hydrogens (tertiary/aromatic N) is 1. The Balaban J connectivity index is 1.64. The number of rotatable bonds is 3. The normalized spacial score (nSPS) is 10.9. The Kier molecular flexibility index (Phi) is 4.18. The minimum absolute atomic E-state index is 0.135. The van der Waals surface area contributed by atoms with Crippen LogP contribution >= 0.6 is 38.6 Å². The van der Waals surface area contributed by atoms with Gasteiger partial charge in [-0.05, 0) is 38.8 Å². The van der Waals surface area contributed by atoms with E-state index in [2.05, 4.69) is 50.5 Å². The molecule has 0 fully saturated rings. The molecule has 0 radical (unpaired) electrons. The molecule has 0 aliphatic carbocycles. The molecule has 0 atom stereocenters. The van der Waals surface area contributed by atoms with E-state index in [1.807, 2.05) is 29.6 Å². The molecule has 6 heteroatoms. The minimum Gasteiger partial charge on any atom is -0.297 e. The Hall–Kier alpha value is -2.02. The molecule has 3 nitrogen and oxygen atoms in total. The number of amides is 1. The third-order valence-corrected chi connectivity index (χ3v) is 5.97. The first kappa shape index (κ1) is 15.5. The first-order valence-electron chi connectivity index (χ1n) is 7.21. The number of thiazole rings is 1. The number of hydrogen-bond acceptors (Lipinski definition) is 4. The number of thiophene rings is 1. The van der Waals surface area contributed by atoms with Gasteiger partial charge in [-0.15, -0.1) is 22.7 Å². The van der Waals surface area contributed by atoms with Crippen molar-refractivity contribution < 1.29 is 4.79 Å². The molecule has 0 unspecified atom stereocenters. The van der Waals surface area contributed by atoms with E-state index in [0.717, 1.165) is 20.4 Å². The van der Waals surface area contributed by atoms with Gasteiger partial charge in [0.15, 0.2) is 5.13 Å². The van der Waals surface area contributed by atoms with Gasteiger partial charge in [-0.2, -0.15) is 0 Å². The summed E-state index contributed by atoms with van der Waals surface area (Å²) in [6, 6.07) is 18.0. The number of fused-ring (bicyclic) bond motifs is 1. The van der Waals surface area contributed by atoms with E-state index in [9.17, 15) is 4.79 Å². The molecule has 2 aromatic carbocycles. The van der Waals surface area contributed by atoms with Crippen LogP contribution in [0.15, 0.2) is 63.8 Å². The summed E-state index contributed by atoms with van der Waals surface area (Å²) in [7, 11) is 0. The van der Waals surface area contributed by atoms with Crippen LogP contribution in [-0.4, -0.2) is 10.9 Å². The highest BCUT2D eigenvalue weighted by molar-refractivity contribution is 9.11. The summed E-state index contributed by atoms with van der Waals surface area (Å²) in [5.74, 6) is -0.135. The summed E-state index contributed by atoms with van der Waals surface area (Å²) in [6.45, 7) is 0. The van der Waals surface area contributed by atoms with Crippen molar-refractivity contribution in [2.45, 2.75) is 0 Å². The van der Waals surface area contributed by atoms with Gasteiger partial charge in [-0.1, -0.05) is 42.5 Å². The second-order valence-corrected chi connectivity index (χ2v) is 8.44. The van der Waals surface area contributed by atoms with Gasteiger partial charge < -0.3 is 0 Å². The highest BCUT2D eigenvalue weighted by Gasteiger charge is 2.13. The van der Waals surface area contributed by atoms with Gasteiger partial charge in [-0.3, -0.25) is 10.1 Å². The third-order valence-electron chi connectivity index (χ3n) is 3.59. The van der Waals surface area contributed by atoms with E-state index in [-0.39, 0.29) is 5.91 Å². The van der Waals surface area contributed by atoms with Crippen LogP contribution < -0.4 is 5.32 Å². The molecular formula is C18H11BrN2OS2. The van der Waals surface area contributed by atoms with E-state index in [0.29, 0.717) is 10.0 Å². The molecule has 118 valence electrons. The topological polar surface area (TPSA) is 42.0 Å². The van der Waals surface area contributed by atoms with Crippen LogP contribution in [0.25, 0.3) is 22.0 Å². The number of nitrogens with one attached hydrogen (secondary N) is 1. The lowest BCUT2D eigenvalue weighted by atomic mass is 10.0. The number of carbonyl (C=O) groups excluding carboxylic acids is 1. The van der Waals surface area contributed by atoms with Crippen molar-refractivity contribution in [1.29, 1.82) is 0 Å². The van der Waals surface area contributed by atoms with E-state index < -0.39 is 0 Å². The summed E-state index contributed by atoms with van der Waals surface area (Å²) >= 11 is 6.20. The maximum atomic E-state index is 12.2. The monoisotopic (exact) mass is 414 g/mol. The number of carbonyl (C=O) groups is 1. The fourth-order valence-corrected chi connectivity index (χ4v) is 4.49. The van der Waals surface area contributed by atoms with Crippen molar-refractivity contribution in [1.82, 2.24) is 4.98 Å². The van der Waals surface area contributed by atoms with Gasteiger partial charge in [0.05, 0.1) is 14.4 Å². The molecule has 0 bridgehead atoms. The van der Waals surface area contributed by atoms with Gasteiger partial charge >= 0.3 is 0 Å². The largest absolute Gasteiger partial charge is 0.297 e. The van der Waals surface area contributed by atoms with Crippen LogP contribution in [0.3, 0.4) is 0 Å². The van der Waals surface area contributed by atoms with Gasteiger partial charge in [0.25, 0.3) is 5.91 Å². The zero-order valence-electron chi connectivity index (χ0n) is 12.3. The van der Waals surface area contributed by atoms with Crippen molar-refractivity contribution >= 4 is 60.4 Å². The zero-order valence-corrected chi connectivity index (χ0v) is 15.5. The standard InChI is InChI=1S/C18H11BrN2OS2/c19-16-9-8-15(24-16)17(22)21-18-20-14(10-23-18)13-7-3-5-11-4-1-2-6-12(11)13/h1-10H,(H,20,21,22). The third kappa shape index (κ3) is 3.00. The van der Waals surface area contributed by atoms with Crippen molar-refractivity contribution in [3.05, 3.63) is 68.6 Å². The lowest BCUT2D eigenvalue weighted by molar-refractivity contribution is 0.103. The molecule has 0 aliphatic heterocycles. The molecule has 24 heavy (non-hydrogen) atoms. The molecule has 0 saturated heterocycles. The van der Waals surface area contributed by atoms with Gasteiger partial charge in [-0.25, -0.2) is 4.98 Å². The first-order valence-corrected chi connectivity index (χ1v) is 9.70. The van der Waals surface area contributed by atoms with Crippen molar-refractivity contribution in [2.75, 3.05) is 5.32 Å². The summed E-state index contributed by atoms with van der Waals surface area (Å²) < 4.78 is 0.934. The highest BCUT2D eigenvalue weighted by atomic mass is 79.9. The van der Waals surface area contributed by atoms with Crippen LogP contribution in [0, 0.1) is 0 Å². The Morgan fingerprint density at radius 3 is 2.71 bits per heavy atom. The van der Waals surface area contributed by atoms with Gasteiger partial charge in [0.1, 0.15) is 0 Å². The highest BCUT2D eigenvalue weighted by Crippen LogP contribution is 2.31. The predicted molar refractivity (Wildman–Crippen MR) is 105 cm³/mol. The summed E-state index contributed by atoms with van der Waals surface area (Å²) in [5.41, 5.74) is 1.95.